The minimum absolute atomic E-state index is 0.249. The lowest BCUT2D eigenvalue weighted by Gasteiger charge is -2.17. The maximum absolute atomic E-state index is 11.5. The molecule has 1 N–H and O–H groups in total. The molecule has 2 heterocycles. The van der Waals surface area contributed by atoms with Crippen molar-refractivity contribution in [3.05, 3.63) is 5.69 Å². The van der Waals surface area contributed by atoms with Crippen LogP contribution >= 0.6 is 11.5 Å². The van der Waals surface area contributed by atoms with E-state index in [-0.39, 0.29) is 5.75 Å². The first kappa shape index (κ1) is 12.7. The summed E-state index contributed by atoms with van der Waals surface area (Å²) in [5.41, 5.74) is 0.900. The molecule has 1 aliphatic heterocycles. The van der Waals surface area contributed by atoms with Gasteiger partial charge in [0.1, 0.15) is 10.7 Å². The quantitative estimate of drug-likeness (QED) is 0.850. The van der Waals surface area contributed by atoms with Crippen LogP contribution in [0.1, 0.15) is 12.1 Å². The van der Waals surface area contributed by atoms with Crippen molar-refractivity contribution in [2.45, 2.75) is 13.0 Å². The molecule has 0 radical (unpaired) electrons. The van der Waals surface area contributed by atoms with E-state index in [4.69, 9.17) is 0 Å². The van der Waals surface area contributed by atoms with Gasteiger partial charge in [0.25, 0.3) is 0 Å². The lowest BCUT2D eigenvalue weighted by atomic mass is 10.3. The number of rotatable bonds is 3. The molecule has 0 aromatic carbocycles. The van der Waals surface area contributed by atoms with Gasteiger partial charge in [0.15, 0.2) is 9.84 Å². The van der Waals surface area contributed by atoms with Gasteiger partial charge in [-0.25, -0.2) is 8.42 Å². The molecule has 1 aromatic rings. The van der Waals surface area contributed by atoms with Crippen molar-refractivity contribution in [1.29, 1.82) is 0 Å². The van der Waals surface area contributed by atoms with Gasteiger partial charge in [0.2, 0.25) is 0 Å². The Bertz CT molecular complexity index is 471. The van der Waals surface area contributed by atoms with Gasteiger partial charge in [-0.1, -0.05) is 4.49 Å². The number of hydrogen-bond donors (Lipinski definition) is 1. The molecule has 0 atom stereocenters. The second kappa shape index (κ2) is 5.28. The fourth-order valence-electron chi connectivity index (χ4n) is 1.86. The molecule has 0 bridgehead atoms. The number of nitrogens with one attached hydrogen (secondary N) is 1. The Balaban J connectivity index is 2.00. The minimum atomic E-state index is -2.84. The third kappa shape index (κ3) is 3.36. The molecule has 1 aromatic heterocycles. The maximum Gasteiger partial charge on any atom is 0.151 e. The van der Waals surface area contributed by atoms with E-state index >= 15 is 0 Å². The van der Waals surface area contributed by atoms with Gasteiger partial charge in [0, 0.05) is 31.7 Å². The van der Waals surface area contributed by atoms with Crippen molar-refractivity contribution >= 4 is 26.4 Å². The van der Waals surface area contributed by atoms with Gasteiger partial charge in [-0.2, -0.15) is 0 Å². The number of sulfone groups is 1. The van der Waals surface area contributed by atoms with Gasteiger partial charge in [-0.05, 0) is 13.0 Å². The predicted octanol–water partition coefficient (Wildman–Crippen LogP) is 0.200. The fourth-order valence-corrected chi connectivity index (χ4v) is 3.69. The highest BCUT2D eigenvalue weighted by Gasteiger charge is 2.20. The van der Waals surface area contributed by atoms with Crippen LogP contribution in [0.15, 0.2) is 0 Å². The van der Waals surface area contributed by atoms with E-state index in [0.717, 1.165) is 17.2 Å². The van der Waals surface area contributed by atoms with Crippen molar-refractivity contribution in [3.63, 3.8) is 0 Å². The molecule has 1 saturated heterocycles. The summed E-state index contributed by atoms with van der Waals surface area (Å²) >= 11 is 1.33. The summed E-state index contributed by atoms with van der Waals surface area (Å²) in [4.78, 5) is 2.13. The molecule has 1 aliphatic rings. The second-order valence-electron chi connectivity index (χ2n) is 4.08. The van der Waals surface area contributed by atoms with Crippen molar-refractivity contribution in [2.75, 3.05) is 37.0 Å². The molecule has 0 unspecified atom stereocenters. The van der Waals surface area contributed by atoms with Crippen LogP contribution in [0.2, 0.25) is 0 Å². The van der Waals surface area contributed by atoms with Gasteiger partial charge < -0.3 is 5.32 Å². The second-order valence-corrected chi connectivity index (χ2v) is 7.14. The molecule has 2 rings (SSSR count). The van der Waals surface area contributed by atoms with E-state index in [2.05, 4.69) is 19.8 Å². The summed E-state index contributed by atoms with van der Waals surface area (Å²) < 4.78 is 26.8. The summed E-state index contributed by atoms with van der Waals surface area (Å²) in [5.74, 6) is 0.553. The van der Waals surface area contributed by atoms with E-state index in [1.54, 1.807) is 0 Å². The molecular formula is C9H16N4O2S2. The smallest absolute Gasteiger partial charge is 0.151 e. The van der Waals surface area contributed by atoms with Gasteiger partial charge in [-0.15, -0.1) is 5.10 Å². The molecule has 0 aliphatic carbocycles. The van der Waals surface area contributed by atoms with Crippen LogP contribution in [0.5, 0.6) is 0 Å². The predicted molar refractivity (Wildman–Crippen MR) is 68.0 cm³/mol. The van der Waals surface area contributed by atoms with E-state index < -0.39 is 9.84 Å². The van der Waals surface area contributed by atoms with Crippen LogP contribution in [-0.4, -0.2) is 54.5 Å². The minimum Gasteiger partial charge on any atom is -0.377 e. The molecular weight excluding hydrogens is 260 g/mol. The number of nitrogens with zero attached hydrogens (tertiary/aromatic N) is 3. The van der Waals surface area contributed by atoms with Crippen molar-refractivity contribution < 1.29 is 8.42 Å². The summed E-state index contributed by atoms with van der Waals surface area (Å²) in [7, 11) is -0.999. The highest BCUT2D eigenvalue weighted by atomic mass is 32.2. The average Bonchev–Trinajstić information content (AvgIpc) is 2.65. The Hall–Kier alpha value is -0.730. The molecule has 0 saturated carbocycles. The maximum atomic E-state index is 11.5. The van der Waals surface area contributed by atoms with Crippen LogP contribution in [0.3, 0.4) is 0 Å². The number of anilines is 1. The number of aromatic nitrogens is 2. The van der Waals surface area contributed by atoms with Crippen LogP contribution < -0.4 is 5.32 Å². The zero-order valence-electron chi connectivity index (χ0n) is 9.72. The van der Waals surface area contributed by atoms with Crippen LogP contribution in [0.25, 0.3) is 0 Å². The van der Waals surface area contributed by atoms with Gasteiger partial charge in [0.05, 0.1) is 11.5 Å². The lowest BCUT2D eigenvalue weighted by Crippen LogP contribution is -2.27. The van der Waals surface area contributed by atoms with Crippen molar-refractivity contribution in [3.8, 4) is 0 Å². The first-order chi connectivity index (χ1) is 8.11. The standard InChI is InChI=1S/C9H16N4O2S2/c1-10-9-8(11-12-16-9)7-13-3-2-5-17(14,15)6-4-13/h10H,2-7H2,1H3. The van der Waals surface area contributed by atoms with Crippen molar-refractivity contribution in [2.24, 2.45) is 0 Å². The highest BCUT2D eigenvalue weighted by molar-refractivity contribution is 7.91. The van der Waals surface area contributed by atoms with Crippen LogP contribution in [0, 0.1) is 0 Å². The summed E-state index contributed by atoms with van der Waals surface area (Å²) in [6, 6.07) is 0. The molecule has 1 fully saturated rings. The Kier molecular flexibility index (Phi) is 3.95. The van der Waals surface area contributed by atoms with E-state index in [0.29, 0.717) is 25.3 Å². The molecule has 17 heavy (non-hydrogen) atoms. The third-order valence-electron chi connectivity index (χ3n) is 2.80. The Morgan fingerprint density at radius 1 is 1.41 bits per heavy atom. The zero-order valence-corrected chi connectivity index (χ0v) is 11.4. The zero-order chi connectivity index (χ0) is 12.3. The number of hydrogen-bond acceptors (Lipinski definition) is 7. The van der Waals surface area contributed by atoms with E-state index in [1.165, 1.54) is 11.5 Å². The molecule has 6 nitrogen and oxygen atoms in total. The first-order valence-corrected chi connectivity index (χ1v) is 8.12. The third-order valence-corrected chi connectivity index (χ3v) is 5.31. The molecule has 96 valence electrons. The van der Waals surface area contributed by atoms with Crippen molar-refractivity contribution in [1.82, 2.24) is 14.5 Å². The van der Waals surface area contributed by atoms with Crippen LogP contribution in [0.4, 0.5) is 5.00 Å². The highest BCUT2D eigenvalue weighted by Crippen LogP contribution is 2.19. The van der Waals surface area contributed by atoms with Gasteiger partial charge >= 0.3 is 0 Å². The van der Waals surface area contributed by atoms with E-state index in [9.17, 15) is 8.42 Å². The normalized spacial score (nSPS) is 21.0. The monoisotopic (exact) mass is 276 g/mol. The SMILES string of the molecule is CNc1snnc1CN1CCCS(=O)(=O)CC1. The van der Waals surface area contributed by atoms with E-state index in [1.807, 2.05) is 7.05 Å². The molecule has 8 heteroatoms. The summed E-state index contributed by atoms with van der Waals surface area (Å²) in [6.07, 6.45) is 0.703. The largest absolute Gasteiger partial charge is 0.377 e. The average molecular weight is 276 g/mol. The Morgan fingerprint density at radius 3 is 3.00 bits per heavy atom. The molecule has 0 amide bonds. The summed E-state index contributed by atoms with van der Waals surface area (Å²) in [6.45, 7) is 2.06. The van der Waals surface area contributed by atoms with Crippen LogP contribution in [-0.2, 0) is 16.4 Å². The lowest BCUT2D eigenvalue weighted by molar-refractivity contribution is 0.284. The fraction of sp³-hybridized carbons (Fsp3) is 0.778. The topological polar surface area (TPSA) is 75.2 Å². The Morgan fingerprint density at radius 2 is 2.24 bits per heavy atom. The first-order valence-electron chi connectivity index (χ1n) is 5.52. The Labute approximate surface area is 105 Å². The molecule has 0 spiro atoms. The summed E-state index contributed by atoms with van der Waals surface area (Å²) in [5, 5.41) is 8.06. The van der Waals surface area contributed by atoms with Gasteiger partial charge in [-0.3, -0.25) is 4.90 Å².